The van der Waals surface area contributed by atoms with Crippen LogP contribution in [0.3, 0.4) is 0 Å². The summed E-state index contributed by atoms with van der Waals surface area (Å²) in [5.41, 5.74) is 4.26. The maximum Gasteiger partial charge on any atom is 0.242 e. The minimum atomic E-state index is -0.267. The Hall–Kier alpha value is -3.48. The second-order valence-corrected chi connectivity index (χ2v) is 7.44. The van der Waals surface area contributed by atoms with E-state index < -0.39 is 0 Å². The maximum absolute atomic E-state index is 13.1. The van der Waals surface area contributed by atoms with Gasteiger partial charge in [0.2, 0.25) is 19.1 Å². The van der Waals surface area contributed by atoms with E-state index in [0.29, 0.717) is 24.5 Å². The SMILES string of the molecule is CN(C=O)CC(=O)N1CCc2[nH]c3ccccc3c2[C@@H]1c1ccc2c(c1)OCO2. The predicted octanol–water partition coefficient (Wildman–Crippen LogP) is 2.46. The quantitative estimate of drug-likeness (QED) is 0.694. The number of fused-ring (bicyclic) bond motifs is 4. The zero-order valence-corrected chi connectivity index (χ0v) is 16.1. The molecular formula is C22H21N3O4. The lowest BCUT2D eigenvalue weighted by molar-refractivity contribution is -0.136. The molecule has 1 aromatic heterocycles. The monoisotopic (exact) mass is 391 g/mol. The summed E-state index contributed by atoms with van der Waals surface area (Å²) in [6.45, 7) is 0.821. The summed E-state index contributed by atoms with van der Waals surface area (Å²) in [4.78, 5) is 30.9. The number of para-hydroxylation sites is 1. The molecule has 2 aliphatic heterocycles. The first kappa shape index (κ1) is 17.6. The van der Waals surface area contributed by atoms with E-state index in [1.54, 1.807) is 7.05 Å². The van der Waals surface area contributed by atoms with Gasteiger partial charge in [-0.2, -0.15) is 0 Å². The van der Waals surface area contributed by atoms with Crippen LogP contribution in [0.25, 0.3) is 10.9 Å². The lowest BCUT2D eigenvalue weighted by atomic mass is 9.90. The number of hydrogen-bond donors (Lipinski definition) is 1. The Morgan fingerprint density at radius 1 is 1.24 bits per heavy atom. The van der Waals surface area contributed by atoms with Gasteiger partial charge in [0.15, 0.2) is 11.5 Å². The summed E-state index contributed by atoms with van der Waals surface area (Å²) in [6, 6.07) is 13.7. The van der Waals surface area contributed by atoms with Gasteiger partial charge in [-0.3, -0.25) is 9.59 Å². The van der Waals surface area contributed by atoms with Gasteiger partial charge in [0.05, 0.1) is 12.6 Å². The normalized spacial score (nSPS) is 17.3. The molecule has 148 valence electrons. The zero-order chi connectivity index (χ0) is 20.0. The number of hydrogen-bond acceptors (Lipinski definition) is 4. The fourth-order valence-corrected chi connectivity index (χ4v) is 4.29. The van der Waals surface area contributed by atoms with E-state index in [4.69, 9.17) is 9.47 Å². The molecule has 0 fully saturated rings. The van der Waals surface area contributed by atoms with Crippen LogP contribution in [0.2, 0.25) is 0 Å². The smallest absolute Gasteiger partial charge is 0.242 e. The molecule has 1 atom stereocenters. The van der Waals surface area contributed by atoms with Crippen molar-refractivity contribution in [3.05, 3.63) is 59.3 Å². The Morgan fingerprint density at radius 3 is 2.93 bits per heavy atom. The molecule has 3 heterocycles. The van der Waals surface area contributed by atoms with Crippen LogP contribution >= 0.6 is 0 Å². The third-order valence-electron chi connectivity index (χ3n) is 5.61. The minimum absolute atomic E-state index is 0.0439. The van der Waals surface area contributed by atoms with Gasteiger partial charge in [-0.25, -0.2) is 0 Å². The molecule has 0 spiro atoms. The third-order valence-corrected chi connectivity index (χ3v) is 5.61. The molecule has 5 rings (SSSR count). The lowest BCUT2D eigenvalue weighted by Crippen LogP contribution is -2.44. The molecule has 0 radical (unpaired) electrons. The molecule has 0 saturated carbocycles. The second kappa shape index (κ2) is 6.84. The van der Waals surface area contributed by atoms with Gasteiger partial charge in [0.25, 0.3) is 0 Å². The van der Waals surface area contributed by atoms with E-state index in [0.717, 1.165) is 34.1 Å². The topological polar surface area (TPSA) is 74.9 Å². The van der Waals surface area contributed by atoms with Crippen molar-refractivity contribution in [1.82, 2.24) is 14.8 Å². The fourth-order valence-electron chi connectivity index (χ4n) is 4.29. The predicted molar refractivity (Wildman–Crippen MR) is 107 cm³/mol. The molecule has 2 aliphatic rings. The largest absolute Gasteiger partial charge is 0.454 e. The average molecular weight is 391 g/mol. The minimum Gasteiger partial charge on any atom is -0.454 e. The van der Waals surface area contributed by atoms with E-state index in [2.05, 4.69) is 17.1 Å². The number of aromatic nitrogens is 1. The van der Waals surface area contributed by atoms with Crippen LogP contribution in [0, 0.1) is 0 Å². The van der Waals surface area contributed by atoms with Crippen LogP contribution < -0.4 is 9.47 Å². The molecule has 29 heavy (non-hydrogen) atoms. The number of nitrogens with zero attached hydrogens (tertiary/aromatic N) is 2. The number of amides is 2. The highest BCUT2D eigenvalue weighted by molar-refractivity contribution is 5.88. The van der Waals surface area contributed by atoms with Crippen molar-refractivity contribution in [2.45, 2.75) is 12.5 Å². The third kappa shape index (κ3) is 2.90. The van der Waals surface area contributed by atoms with Crippen molar-refractivity contribution in [3.8, 4) is 11.5 Å². The van der Waals surface area contributed by atoms with Gasteiger partial charge in [-0.1, -0.05) is 24.3 Å². The molecule has 7 nitrogen and oxygen atoms in total. The summed E-state index contributed by atoms with van der Waals surface area (Å²) in [6.07, 6.45) is 1.41. The summed E-state index contributed by atoms with van der Waals surface area (Å²) in [7, 11) is 1.61. The zero-order valence-electron chi connectivity index (χ0n) is 16.1. The van der Waals surface area contributed by atoms with Gasteiger partial charge in [0.1, 0.15) is 0 Å². The van der Waals surface area contributed by atoms with Crippen molar-refractivity contribution < 1.29 is 19.1 Å². The van der Waals surface area contributed by atoms with Gasteiger partial charge in [-0.05, 0) is 23.8 Å². The van der Waals surface area contributed by atoms with Crippen LogP contribution in [0.4, 0.5) is 0 Å². The van der Waals surface area contributed by atoms with E-state index in [9.17, 15) is 9.59 Å². The molecular weight excluding hydrogens is 370 g/mol. The van der Waals surface area contributed by atoms with Crippen LogP contribution in [0.1, 0.15) is 22.9 Å². The Bertz CT molecular complexity index is 1110. The van der Waals surface area contributed by atoms with E-state index in [1.165, 1.54) is 4.90 Å². The Balaban J connectivity index is 1.65. The molecule has 0 bridgehead atoms. The Morgan fingerprint density at radius 2 is 2.07 bits per heavy atom. The first-order valence-corrected chi connectivity index (χ1v) is 9.59. The van der Waals surface area contributed by atoms with Gasteiger partial charge in [-0.15, -0.1) is 0 Å². The average Bonchev–Trinajstić information content (AvgIpc) is 3.36. The van der Waals surface area contributed by atoms with Crippen molar-refractivity contribution >= 4 is 23.2 Å². The van der Waals surface area contributed by atoms with E-state index in [-0.39, 0.29) is 25.3 Å². The van der Waals surface area contributed by atoms with Crippen LogP contribution in [-0.4, -0.2) is 54.0 Å². The van der Waals surface area contributed by atoms with Gasteiger partial charge < -0.3 is 24.3 Å². The molecule has 3 aromatic rings. The highest BCUT2D eigenvalue weighted by Gasteiger charge is 2.35. The second-order valence-electron chi connectivity index (χ2n) is 7.44. The van der Waals surface area contributed by atoms with E-state index >= 15 is 0 Å². The van der Waals surface area contributed by atoms with Crippen molar-refractivity contribution in [3.63, 3.8) is 0 Å². The van der Waals surface area contributed by atoms with Crippen molar-refractivity contribution in [2.24, 2.45) is 0 Å². The number of nitrogens with one attached hydrogen (secondary N) is 1. The molecule has 2 amide bonds. The number of carbonyl (C=O) groups is 2. The number of likely N-dealkylation sites (N-methyl/N-ethyl adjacent to an activating group) is 1. The summed E-state index contributed by atoms with van der Waals surface area (Å²) >= 11 is 0. The first-order valence-electron chi connectivity index (χ1n) is 9.59. The lowest BCUT2D eigenvalue weighted by Gasteiger charge is -2.37. The molecule has 2 aromatic carbocycles. The molecule has 7 heteroatoms. The summed E-state index contributed by atoms with van der Waals surface area (Å²) < 4.78 is 11.0. The maximum atomic E-state index is 13.1. The summed E-state index contributed by atoms with van der Waals surface area (Å²) in [5.74, 6) is 1.31. The number of H-pyrrole nitrogens is 1. The number of carbonyl (C=O) groups excluding carboxylic acids is 2. The summed E-state index contributed by atoms with van der Waals surface area (Å²) in [5, 5.41) is 1.10. The number of rotatable bonds is 4. The molecule has 1 N–H and O–H groups in total. The number of aromatic amines is 1. The Kier molecular flexibility index (Phi) is 4.16. The fraction of sp³-hybridized carbons (Fsp3) is 0.273. The molecule has 0 unspecified atom stereocenters. The number of ether oxygens (including phenoxy) is 2. The molecule has 0 saturated heterocycles. The highest BCUT2D eigenvalue weighted by Crippen LogP contribution is 2.43. The van der Waals surface area contributed by atoms with Crippen LogP contribution in [-0.2, 0) is 16.0 Å². The van der Waals surface area contributed by atoms with E-state index in [1.807, 2.05) is 35.2 Å². The highest BCUT2D eigenvalue weighted by atomic mass is 16.7. The molecule has 0 aliphatic carbocycles. The van der Waals surface area contributed by atoms with Crippen LogP contribution in [0.5, 0.6) is 11.5 Å². The van der Waals surface area contributed by atoms with Crippen molar-refractivity contribution in [2.75, 3.05) is 26.9 Å². The van der Waals surface area contributed by atoms with Gasteiger partial charge >= 0.3 is 0 Å². The van der Waals surface area contributed by atoms with Crippen molar-refractivity contribution in [1.29, 1.82) is 0 Å². The number of benzene rings is 2. The first-order chi connectivity index (χ1) is 14.2. The van der Waals surface area contributed by atoms with Gasteiger partial charge in [0, 0.05) is 42.2 Å². The Labute approximate surface area is 167 Å². The van der Waals surface area contributed by atoms with Crippen LogP contribution in [0.15, 0.2) is 42.5 Å². The standard InChI is InChI=1S/C22H21N3O4/c1-24(12-26)11-20(27)25-9-8-17-21(15-4-2-3-5-16(15)23-17)22(25)14-6-7-18-19(10-14)29-13-28-18/h2-7,10,12,22-23H,8-9,11,13H2,1H3/t22-/m0/s1.